The largest absolute Gasteiger partial charge is 0.484 e. The van der Waals surface area contributed by atoms with Gasteiger partial charge < -0.3 is 20.3 Å². The maximum absolute atomic E-state index is 13.1. The van der Waals surface area contributed by atoms with Crippen molar-refractivity contribution in [2.75, 3.05) is 31.1 Å². The first-order chi connectivity index (χ1) is 14.7. The fourth-order valence-corrected chi connectivity index (χ4v) is 3.47. The summed E-state index contributed by atoms with van der Waals surface area (Å²) in [6.07, 6.45) is -3.46. The van der Waals surface area contributed by atoms with Crippen molar-refractivity contribution in [3.63, 3.8) is 0 Å². The minimum absolute atomic E-state index is 0.115. The van der Waals surface area contributed by atoms with Crippen LogP contribution in [0, 0.1) is 11.7 Å². The number of alkyl halides is 3. The van der Waals surface area contributed by atoms with Crippen LogP contribution in [0.1, 0.15) is 24.9 Å². The van der Waals surface area contributed by atoms with Crippen molar-refractivity contribution < 1.29 is 27.1 Å². The van der Waals surface area contributed by atoms with E-state index >= 15 is 0 Å². The summed E-state index contributed by atoms with van der Waals surface area (Å²) in [5.74, 6) is 0.135. The number of carbonyl (C=O) groups excluding carboxylic acids is 1. The molecule has 0 aromatic heterocycles. The summed E-state index contributed by atoms with van der Waals surface area (Å²) in [6.45, 7) is 2.58. The standard InChI is InChI=1S/C22H25F4N3O2/c1-15(17-2-8-20(9-3-17)31-14-22(24,25)26)28-21(30)27-12-16-10-11-29(13-16)19-6-4-18(23)5-7-19/h2-9,15-16H,10-14H2,1H3,(H2,27,28,30). The van der Waals surface area contributed by atoms with Crippen LogP contribution in [-0.2, 0) is 0 Å². The zero-order chi connectivity index (χ0) is 22.4. The molecule has 1 fully saturated rings. The molecule has 5 nitrogen and oxygen atoms in total. The van der Waals surface area contributed by atoms with E-state index in [4.69, 9.17) is 0 Å². The van der Waals surface area contributed by atoms with E-state index in [-0.39, 0.29) is 29.6 Å². The van der Waals surface area contributed by atoms with Crippen LogP contribution in [0.25, 0.3) is 0 Å². The van der Waals surface area contributed by atoms with Gasteiger partial charge in [-0.3, -0.25) is 0 Å². The molecular formula is C22H25F4N3O2. The SMILES string of the molecule is CC(NC(=O)NCC1CCN(c2ccc(F)cc2)C1)c1ccc(OCC(F)(F)F)cc1. The van der Waals surface area contributed by atoms with Gasteiger partial charge in [0, 0.05) is 25.3 Å². The minimum atomic E-state index is -4.39. The smallest absolute Gasteiger partial charge is 0.422 e. The quantitative estimate of drug-likeness (QED) is 0.618. The number of halogens is 4. The van der Waals surface area contributed by atoms with Gasteiger partial charge in [0.1, 0.15) is 11.6 Å². The molecule has 0 radical (unpaired) electrons. The fourth-order valence-electron chi connectivity index (χ4n) is 3.47. The van der Waals surface area contributed by atoms with Gasteiger partial charge in [0.25, 0.3) is 0 Å². The number of rotatable bonds is 7. The number of anilines is 1. The van der Waals surface area contributed by atoms with Gasteiger partial charge in [0.15, 0.2) is 6.61 Å². The highest BCUT2D eigenvalue weighted by Gasteiger charge is 2.28. The van der Waals surface area contributed by atoms with E-state index < -0.39 is 12.8 Å². The molecule has 0 spiro atoms. The van der Waals surface area contributed by atoms with Gasteiger partial charge in [-0.2, -0.15) is 13.2 Å². The molecule has 3 rings (SSSR count). The van der Waals surface area contributed by atoms with E-state index in [1.165, 1.54) is 24.3 Å². The molecule has 0 aliphatic carbocycles. The molecule has 0 bridgehead atoms. The Labute approximate surface area is 178 Å². The zero-order valence-corrected chi connectivity index (χ0v) is 17.1. The third-order valence-electron chi connectivity index (χ3n) is 5.16. The Morgan fingerprint density at radius 3 is 2.48 bits per heavy atom. The normalized spacial score (nSPS) is 17.3. The lowest BCUT2D eigenvalue weighted by molar-refractivity contribution is -0.153. The highest BCUT2D eigenvalue weighted by atomic mass is 19.4. The number of nitrogens with one attached hydrogen (secondary N) is 2. The molecule has 2 amide bonds. The van der Waals surface area contributed by atoms with Gasteiger partial charge in [0.2, 0.25) is 0 Å². The minimum Gasteiger partial charge on any atom is -0.484 e. The average molecular weight is 439 g/mol. The van der Waals surface area contributed by atoms with E-state index in [1.807, 2.05) is 0 Å². The number of hydrogen-bond acceptors (Lipinski definition) is 3. The maximum atomic E-state index is 13.1. The van der Waals surface area contributed by atoms with Gasteiger partial charge in [-0.1, -0.05) is 12.1 Å². The lowest BCUT2D eigenvalue weighted by Gasteiger charge is -2.19. The molecule has 1 aliphatic rings. The average Bonchev–Trinajstić information content (AvgIpc) is 3.20. The number of amides is 2. The Balaban J connectivity index is 1.41. The van der Waals surface area contributed by atoms with Crippen molar-refractivity contribution in [3.05, 3.63) is 59.9 Å². The molecule has 1 saturated heterocycles. The lowest BCUT2D eigenvalue weighted by atomic mass is 10.1. The van der Waals surface area contributed by atoms with Crippen molar-refractivity contribution in [3.8, 4) is 5.75 Å². The molecule has 9 heteroatoms. The molecule has 2 N–H and O–H groups in total. The number of nitrogens with zero attached hydrogens (tertiary/aromatic N) is 1. The van der Waals surface area contributed by atoms with E-state index in [9.17, 15) is 22.4 Å². The van der Waals surface area contributed by atoms with E-state index in [1.54, 1.807) is 31.2 Å². The van der Waals surface area contributed by atoms with Gasteiger partial charge in [-0.05, 0) is 61.2 Å². The summed E-state index contributed by atoms with van der Waals surface area (Å²) in [5.41, 5.74) is 1.71. The second kappa shape index (κ2) is 9.89. The molecule has 1 heterocycles. The molecule has 2 atom stereocenters. The first kappa shape index (κ1) is 22.7. The Bertz CT molecular complexity index is 857. The summed E-state index contributed by atoms with van der Waals surface area (Å²) in [7, 11) is 0. The zero-order valence-electron chi connectivity index (χ0n) is 17.1. The van der Waals surface area contributed by atoms with Crippen LogP contribution < -0.4 is 20.3 Å². The Morgan fingerprint density at radius 2 is 1.84 bits per heavy atom. The molecule has 168 valence electrons. The molecule has 2 aromatic carbocycles. The summed E-state index contributed by atoms with van der Waals surface area (Å²) in [4.78, 5) is 14.4. The monoisotopic (exact) mass is 439 g/mol. The summed E-state index contributed by atoms with van der Waals surface area (Å²) >= 11 is 0. The number of ether oxygens (including phenoxy) is 1. The molecule has 2 aromatic rings. The first-order valence-corrected chi connectivity index (χ1v) is 10.0. The van der Waals surface area contributed by atoms with Crippen LogP contribution in [0.4, 0.5) is 28.0 Å². The van der Waals surface area contributed by atoms with Crippen molar-refractivity contribution in [1.82, 2.24) is 10.6 Å². The van der Waals surface area contributed by atoms with Gasteiger partial charge in [0.05, 0.1) is 6.04 Å². The second-order valence-corrected chi connectivity index (χ2v) is 7.63. The third-order valence-corrected chi connectivity index (χ3v) is 5.16. The second-order valence-electron chi connectivity index (χ2n) is 7.63. The van der Waals surface area contributed by atoms with Crippen molar-refractivity contribution >= 4 is 11.7 Å². The van der Waals surface area contributed by atoms with Crippen LogP contribution in [0.5, 0.6) is 5.75 Å². The topological polar surface area (TPSA) is 53.6 Å². The van der Waals surface area contributed by atoms with Crippen LogP contribution in [0.15, 0.2) is 48.5 Å². The third kappa shape index (κ3) is 7.04. The maximum Gasteiger partial charge on any atom is 0.422 e. The molecule has 1 aliphatic heterocycles. The number of benzene rings is 2. The van der Waals surface area contributed by atoms with Crippen LogP contribution in [-0.4, -0.2) is 38.4 Å². The predicted octanol–water partition coefficient (Wildman–Crippen LogP) is 4.65. The van der Waals surface area contributed by atoms with Crippen LogP contribution >= 0.6 is 0 Å². The van der Waals surface area contributed by atoms with Gasteiger partial charge >= 0.3 is 12.2 Å². The Hall–Kier alpha value is -2.97. The van der Waals surface area contributed by atoms with E-state index in [0.717, 1.165) is 30.8 Å². The Kier molecular flexibility index (Phi) is 7.25. The molecule has 0 saturated carbocycles. The van der Waals surface area contributed by atoms with Crippen molar-refractivity contribution in [1.29, 1.82) is 0 Å². The van der Waals surface area contributed by atoms with Gasteiger partial charge in [-0.25, -0.2) is 9.18 Å². The highest BCUT2D eigenvalue weighted by Crippen LogP contribution is 2.24. The molecular weight excluding hydrogens is 414 g/mol. The number of carbonyl (C=O) groups is 1. The predicted molar refractivity (Wildman–Crippen MR) is 110 cm³/mol. The summed E-state index contributed by atoms with van der Waals surface area (Å²) in [5, 5.41) is 5.69. The van der Waals surface area contributed by atoms with Gasteiger partial charge in [-0.15, -0.1) is 0 Å². The van der Waals surface area contributed by atoms with E-state index in [2.05, 4.69) is 20.3 Å². The molecule has 2 unspecified atom stereocenters. The number of urea groups is 1. The van der Waals surface area contributed by atoms with Crippen LogP contribution in [0.3, 0.4) is 0 Å². The van der Waals surface area contributed by atoms with Crippen LogP contribution in [0.2, 0.25) is 0 Å². The molecule has 31 heavy (non-hydrogen) atoms. The number of hydrogen-bond donors (Lipinski definition) is 2. The van der Waals surface area contributed by atoms with E-state index in [0.29, 0.717) is 6.54 Å². The summed E-state index contributed by atoms with van der Waals surface area (Å²) in [6, 6.07) is 11.9. The fraction of sp³-hybridized carbons (Fsp3) is 0.409. The van der Waals surface area contributed by atoms with Crippen molar-refractivity contribution in [2.24, 2.45) is 5.92 Å². The lowest BCUT2D eigenvalue weighted by Crippen LogP contribution is -2.40. The highest BCUT2D eigenvalue weighted by molar-refractivity contribution is 5.74. The first-order valence-electron chi connectivity index (χ1n) is 10.0. The summed E-state index contributed by atoms with van der Waals surface area (Å²) < 4.78 is 54.4. The van der Waals surface area contributed by atoms with Crippen molar-refractivity contribution in [2.45, 2.75) is 25.6 Å². The Morgan fingerprint density at radius 1 is 1.16 bits per heavy atom.